The summed E-state index contributed by atoms with van der Waals surface area (Å²) in [6, 6.07) is 127. The van der Waals surface area contributed by atoms with Crippen molar-refractivity contribution < 1.29 is 0 Å². The number of hydrogen-bond acceptors (Lipinski definition) is 2. The van der Waals surface area contributed by atoms with Crippen molar-refractivity contribution in [2.45, 2.75) is 26.2 Å². The zero-order valence-electron chi connectivity index (χ0n) is 52.3. The largest absolute Gasteiger partial charge is 0.310 e. The van der Waals surface area contributed by atoms with Gasteiger partial charge in [0.1, 0.15) is 0 Å². The first-order chi connectivity index (χ1) is 45.8. The van der Waals surface area contributed by atoms with Crippen LogP contribution in [0.5, 0.6) is 0 Å². The van der Waals surface area contributed by atoms with E-state index in [1.807, 2.05) is 0 Å². The summed E-state index contributed by atoms with van der Waals surface area (Å²) in [5, 5.41) is 4.93. The molecule has 2 nitrogen and oxygen atoms in total. The monoisotopic (exact) mass is 1180 g/mol. The Morgan fingerprint density at radius 1 is 0.226 bits per heavy atom. The Bertz CT molecular complexity index is 5210. The number of benzene rings is 15. The van der Waals surface area contributed by atoms with Gasteiger partial charge in [-0.25, -0.2) is 0 Å². The Balaban J connectivity index is 1.03. The molecule has 2 aliphatic heterocycles. The summed E-state index contributed by atoms with van der Waals surface area (Å²) in [6.45, 7) is 6.97. The van der Waals surface area contributed by atoms with Crippen LogP contribution in [-0.2, 0) is 5.41 Å². The summed E-state index contributed by atoms with van der Waals surface area (Å²) in [7, 11) is 0. The third-order valence-electron chi connectivity index (χ3n) is 19.3. The van der Waals surface area contributed by atoms with Gasteiger partial charge in [0.05, 0.1) is 11.4 Å². The molecule has 0 atom stereocenters. The Morgan fingerprint density at radius 3 is 0.903 bits per heavy atom. The predicted octanol–water partition coefficient (Wildman–Crippen LogP) is 22.7. The van der Waals surface area contributed by atoms with E-state index in [9.17, 15) is 0 Å². The molecular formula is C90H65BN2. The van der Waals surface area contributed by atoms with E-state index < -0.39 is 0 Å². The molecule has 2 aliphatic rings. The van der Waals surface area contributed by atoms with Crippen LogP contribution in [0.3, 0.4) is 0 Å². The molecular weight excluding hydrogens is 1120 g/mol. The molecule has 0 N–H and O–H groups in total. The molecule has 0 aliphatic carbocycles. The lowest BCUT2D eigenvalue weighted by Gasteiger charge is -2.46. The van der Waals surface area contributed by atoms with Gasteiger partial charge in [0.15, 0.2) is 0 Å². The topological polar surface area (TPSA) is 6.48 Å². The molecule has 0 spiro atoms. The molecule has 15 aromatic carbocycles. The van der Waals surface area contributed by atoms with Gasteiger partial charge >= 0.3 is 0 Å². The maximum Gasteiger partial charge on any atom is 0.252 e. The third-order valence-corrected chi connectivity index (χ3v) is 19.3. The lowest BCUT2D eigenvalue weighted by molar-refractivity contribution is 0.590. The molecule has 0 aromatic heterocycles. The average Bonchev–Trinajstić information content (AvgIpc) is 0.689. The van der Waals surface area contributed by atoms with E-state index >= 15 is 0 Å². The van der Waals surface area contributed by atoms with Crippen LogP contribution in [0.4, 0.5) is 34.1 Å². The minimum absolute atomic E-state index is 0.184. The zero-order valence-corrected chi connectivity index (χ0v) is 52.3. The van der Waals surface area contributed by atoms with E-state index in [4.69, 9.17) is 0 Å². The summed E-state index contributed by atoms with van der Waals surface area (Å²) in [5.74, 6) is 0. The fourth-order valence-electron chi connectivity index (χ4n) is 14.7. The van der Waals surface area contributed by atoms with Gasteiger partial charge in [-0.3, -0.25) is 0 Å². The van der Waals surface area contributed by atoms with E-state index in [2.05, 4.69) is 370 Å². The highest BCUT2D eigenvalue weighted by atomic mass is 15.2. The number of fused-ring (bicyclic) bond motifs is 6. The number of nitrogens with zero attached hydrogens (tertiary/aromatic N) is 2. The first-order valence-electron chi connectivity index (χ1n) is 32.5. The average molecular weight is 1190 g/mol. The molecule has 93 heavy (non-hydrogen) atoms. The van der Waals surface area contributed by atoms with Gasteiger partial charge in [-0.2, -0.15) is 0 Å². The smallest absolute Gasteiger partial charge is 0.252 e. The molecule has 0 fully saturated rings. The second-order valence-corrected chi connectivity index (χ2v) is 26.0. The van der Waals surface area contributed by atoms with E-state index in [1.165, 1.54) is 65.8 Å². The fourth-order valence-corrected chi connectivity index (χ4v) is 14.7. The summed E-state index contributed by atoms with van der Waals surface area (Å²) in [5.41, 5.74) is 30.0. The van der Waals surface area contributed by atoms with Crippen molar-refractivity contribution >= 4 is 78.8 Å². The van der Waals surface area contributed by atoms with Crippen LogP contribution in [0.25, 0.3) is 111 Å². The first-order valence-corrected chi connectivity index (χ1v) is 32.5. The molecule has 438 valence electrons. The maximum atomic E-state index is 2.70. The number of rotatable bonds is 10. The molecule has 2 heterocycles. The first kappa shape index (κ1) is 55.5. The lowest BCUT2D eigenvalue weighted by atomic mass is 9.33. The van der Waals surface area contributed by atoms with E-state index in [-0.39, 0.29) is 12.1 Å². The van der Waals surface area contributed by atoms with Gasteiger partial charge in [0.25, 0.3) is 6.71 Å². The molecule has 0 amide bonds. The van der Waals surface area contributed by atoms with Gasteiger partial charge in [0, 0.05) is 45.0 Å². The molecule has 0 radical (unpaired) electrons. The second-order valence-electron chi connectivity index (χ2n) is 26.0. The van der Waals surface area contributed by atoms with Crippen LogP contribution in [-0.4, -0.2) is 6.71 Å². The van der Waals surface area contributed by atoms with Crippen LogP contribution >= 0.6 is 0 Å². The number of anilines is 6. The van der Waals surface area contributed by atoms with Gasteiger partial charge in [0.2, 0.25) is 0 Å². The molecule has 3 heteroatoms. The highest BCUT2D eigenvalue weighted by Crippen LogP contribution is 2.55. The molecule has 15 aromatic rings. The third kappa shape index (κ3) is 9.84. The van der Waals surface area contributed by atoms with Gasteiger partial charge in [-0.05, 0) is 182 Å². The van der Waals surface area contributed by atoms with E-state index in [0.717, 1.165) is 101 Å². The minimum atomic E-state index is -0.300. The quantitative estimate of drug-likeness (QED) is 0.0995. The van der Waals surface area contributed by atoms with Crippen molar-refractivity contribution in [3.8, 4) is 89.0 Å². The Hall–Kier alpha value is -11.5. The van der Waals surface area contributed by atoms with Crippen molar-refractivity contribution in [3.05, 3.63) is 345 Å². The van der Waals surface area contributed by atoms with Crippen LogP contribution in [0.2, 0.25) is 0 Å². The van der Waals surface area contributed by atoms with Gasteiger partial charge < -0.3 is 9.80 Å². The fraction of sp³-hybridized carbons (Fsp3) is 0.0444. The van der Waals surface area contributed by atoms with Crippen LogP contribution in [0, 0.1) is 0 Å². The van der Waals surface area contributed by atoms with Gasteiger partial charge in [-0.1, -0.05) is 294 Å². The molecule has 0 saturated heterocycles. The van der Waals surface area contributed by atoms with Crippen LogP contribution < -0.4 is 26.2 Å². The van der Waals surface area contributed by atoms with Crippen LogP contribution in [0.15, 0.2) is 340 Å². The summed E-state index contributed by atoms with van der Waals surface area (Å²) in [4.78, 5) is 5.39. The molecule has 17 rings (SSSR count). The zero-order chi connectivity index (χ0) is 62.2. The van der Waals surface area contributed by atoms with Crippen molar-refractivity contribution in [2.24, 2.45) is 0 Å². The number of hydrogen-bond donors (Lipinski definition) is 0. The normalized spacial score (nSPS) is 12.4. The van der Waals surface area contributed by atoms with E-state index in [0.29, 0.717) is 0 Å². The Morgan fingerprint density at radius 2 is 0.527 bits per heavy atom. The highest BCUT2D eigenvalue weighted by Gasteiger charge is 2.46. The van der Waals surface area contributed by atoms with Crippen molar-refractivity contribution in [1.82, 2.24) is 0 Å². The van der Waals surface area contributed by atoms with Crippen molar-refractivity contribution in [2.75, 3.05) is 9.80 Å². The standard InChI is InChI=1S/C90H65BN2/c1-90(2,3)76-58-85-87-86(59-76)93(89-79(65-37-21-9-22-38-65)54-75(62-31-15-6-16-32-62)55-80(89)66-39-23-10-24-40-66)84-57-72(69-43-44-70-49-67-41-25-26-42-68(67)50-73(70)51-69)46-48-82(84)91(87)81-47-45-71(60-27-11-4-12-28-60)56-83(81)92(85)88-77(63-33-17-7-18-34-63)52-74(61-29-13-5-14-30-61)53-78(88)64-35-19-8-20-36-64/h4-59H,1-3H3. The predicted molar refractivity (Wildman–Crippen MR) is 398 cm³/mol. The summed E-state index contributed by atoms with van der Waals surface area (Å²) >= 11 is 0. The van der Waals surface area contributed by atoms with Crippen molar-refractivity contribution in [3.63, 3.8) is 0 Å². The molecule has 0 unspecified atom stereocenters. The maximum absolute atomic E-state index is 2.70. The molecule has 0 saturated carbocycles. The lowest BCUT2D eigenvalue weighted by Crippen LogP contribution is -2.61. The summed E-state index contributed by atoms with van der Waals surface area (Å²) in [6.07, 6.45) is 0. The Kier molecular flexibility index (Phi) is 13.6. The van der Waals surface area contributed by atoms with Gasteiger partial charge in [-0.15, -0.1) is 0 Å². The summed E-state index contributed by atoms with van der Waals surface area (Å²) < 4.78 is 0. The minimum Gasteiger partial charge on any atom is -0.310 e. The molecule has 0 bridgehead atoms. The Labute approximate surface area is 545 Å². The van der Waals surface area contributed by atoms with Crippen molar-refractivity contribution in [1.29, 1.82) is 0 Å². The van der Waals surface area contributed by atoms with E-state index in [1.54, 1.807) is 0 Å². The SMILES string of the molecule is CC(C)(C)c1cc2c3c(c1)N(c1c(-c4ccccc4)cc(-c4ccccc4)cc1-c1ccccc1)c1cc(-c4ccc5cc6ccccc6cc5c4)ccc1B3c1ccc(-c3ccccc3)cc1N2c1c(-c2ccccc2)cc(-c2ccccc2)cc1-c1ccccc1. The highest BCUT2D eigenvalue weighted by molar-refractivity contribution is 7.00. The van der Waals surface area contributed by atoms with Crippen LogP contribution in [0.1, 0.15) is 26.3 Å². The second kappa shape index (κ2) is 22.8.